The molecule has 7 nitrogen and oxygen atoms in total. The van der Waals surface area contributed by atoms with Gasteiger partial charge in [-0.3, -0.25) is 0 Å². The van der Waals surface area contributed by atoms with E-state index in [4.69, 9.17) is 11.6 Å². The van der Waals surface area contributed by atoms with Crippen molar-refractivity contribution in [2.75, 3.05) is 43.7 Å². The van der Waals surface area contributed by atoms with Gasteiger partial charge in [0.2, 0.25) is 5.95 Å². The molecule has 7 heteroatoms. The summed E-state index contributed by atoms with van der Waals surface area (Å²) in [6.45, 7) is 1.86. The van der Waals surface area contributed by atoms with Gasteiger partial charge < -0.3 is 21.4 Å². The summed E-state index contributed by atoms with van der Waals surface area (Å²) >= 11 is 0. The molecule has 16 heavy (non-hydrogen) atoms. The number of nitrogens with one attached hydrogen (secondary N) is 2. The van der Waals surface area contributed by atoms with Crippen LogP contribution >= 0.6 is 0 Å². The Morgan fingerprint density at radius 1 is 1.31 bits per heavy atom. The smallest absolute Gasteiger partial charge is 0.223 e. The van der Waals surface area contributed by atoms with Gasteiger partial charge in [-0.25, -0.2) is 5.84 Å². The fraction of sp³-hybridized carbons (Fsp3) is 0.556. The van der Waals surface area contributed by atoms with Gasteiger partial charge in [0, 0.05) is 12.6 Å². The fourth-order valence-electron chi connectivity index (χ4n) is 1.24. The molecule has 0 amide bonds. The standard InChI is InChI=1S/C9H19N7/c1-16(2)5-3-4-12-7-6-8(15-11)14-9(10)13-7/h6H,3-5,11H2,1-2H3,(H4,10,12,13,14,15). The van der Waals surface area contributed by atoms with Gasteiger partial charge in [-0.2, -0.15) is 9.97 Å². The van der Waals surface area contributed by atoms with Gasteiger partial charge in [-0.05, 0) is 27.1 Å². The van der Waals surface area contributed by atoms with Gasteiger partial charge in [0.25, 0.3) is 0 Å². The molecule has 0 aliphatic rings. The van der Waals surface area contributed by atoms with E-state index in [0.29, 0.717) is 11.6 Å². The molecule has 0 atom stereocenters. The van der Waals surface area contributed by atoms with Crippen LogP contribution in [0.25, 0.3) is 0 Å². The Kier molecular flexibility index (Phi) is 4.74. The van der Waals surface area contributed by atoms with Gasteiger partial charge in [0.15, 0.2) is 0 Å². The first-order valence-electron chi connectivity index (χ1n) is 5.11. The van der Waals surface area contributed by atoms with Crippen LogP contribution in [-0.4, -0.2) is 42.1 Å². The average molecular weight is 225 g/mol. The normalized spacial score (nSPS) is 10.5. The Hall–Kier alpha value is -1.60. The second-order valence-corrected chi connectivity index (χ2v) is 3.72. The maximum atomic E-state index is 5.52. The van der Waals surface area contributed by atoms with E-state index in [1.165, 1.54) is 0 Å². The minimum absolute atomic E-state index is 0.200. The van der Waals surface area contributed by atoms with Crippen LogP contribution in [0.3, 0.4) is 0 Å². The zero-order chi connectivity index (χ0) is 12.0. The summed E-state index contributed by atoms with van der Waals surface area (Å²) in [5, 5.41) is 3.16. The molecule has 0 aliphatic heterocycles. The summed E-state index contributed by atoms with van der Waals surface area (Å²) in [7, 11) is 4.08. The number of aromatic nitrogens is 2. The molecular formula is C9H19N7. The molecule has 0 fully saturated rings. The van der Waals surface area contributed by atoms with E-state index in [-0.39, 0.29) is 5.95 Å². The van der Waals surface area contributed by atoms with E-state index in [1.54, 1.807) is 6.07 Å². The van der Waals surface area contributed by atoms with Crippen LogP contribution in [-0.2, 0) is 0 Å². The Bertz CT molecular complexity index is 326. The van der Waals surface area contributed by atoms with Crippen LogP contribution in [0.1, 0.15) is 6.42 Å². The SMILES string of the molecule is CN(C)CCCNc1cc(NN)nc(N)n1. The fourth-order valence-corrected chi connectivity index (χ4v) is 1.24. The Morgan fingerprint density at radius 3 is 2.62 bits per heavy atom. The van der Waals surface area contributed by atoms with E-state index < -0.39 is 0 Å². The van der Waals surface area contributed by atoms with Crippen molar-refractivity contribution in [3.8, 4) is 0 Å². The number of nitrogens with zero attached hydrogens (tertiary/aromatic N) is 3. The Morgan fingerprint density at radius 2 is 2.00 bits per heavy atom. The first-order chi connectivity index (χ1) is 7.61. The van der Waals surface area contributed by atoms with Crippen molar-refractivity contribution < 1.29 is 0 Å². The summed E-state index contributed by atoms with van der Waals surface area (Å²) in [4.78, 5) is 10.1. The minimum atomic E-state index is 0.200. The molecule has 0 bridgehead atoms. The highest BCUT2D eigenvalue weighted by atomic mass is 15.3. The summed E-state index contributed by atoms with van der Waals surface area (Å²) in [6.07, 6.45) is 1.03. The minimum Gasteiger partial charge on any atom is -0.370 e. The zero-order valence-electron chi connectivity index (χ0n) is 9.70. The molecule has 90 valence electrons. The highest BCUT2D eigenvalue weighted by Crippen LogP contribution is 2.10. The number of nitrogens with two attached hydrogens (primary N) is 2. The molecular weight excluding hydrogens is 206 g/mol. The molecule has 0 saturated carbocycles. The van der Waals surface area contributed by atoms with Gasteiger partial charge in [0.05, 0.1) is 0 Å². The van der Waals surface area contributed by atoms with Crippen molar-refractivity contribution in [3.63, 3.8) is 0 Å². The molecule has 1 aromatic heterocycles. The van der Waals surface area contributed by atoms with Crippen LogP contribution in [0.15, 0.2) is 6.07 Å². The van der Waals surface area contributed by atoms with Gasteiger partial charge >= 0.3 is 0 Å². The second-order valence-electron chi connectivity index (χ2n) is 3.72. The number of hydrazine groups is 1. The monoisotopic (exact) mass is 225 g/mol. The van der Waals surface area contributed by atoms with Gasteiger partial charge in [-0.1, -0.05) is 0 Å². The third kappa shape index (κ3) is 4.28. The number of nitrogen functional groups attached to an aromatic ring is 2. The molecule has 1 rings (SSSR count). The molecule has 0 unspecified atom stereocenters. The van der Waals surface area contributed by atoms with Crippen LogP contribution in [0.2, 0.25) is 0 Å². The molecule has 0 saturated heterocycles. The summed E-state index contributed by atoms with van der Waals surface area (Å²) in [6, 6.07) is 1.71. The third-order valence-electron chi connectivity index (χ3n) is 1.98. The number of hydrogen-bond acceptors (Lipinski definition) is 7. The molecule has 0 radical (unpaired) electrons. The summed E-state index contributed by atoms with van der Waals surface area (Å²) in [5.41, 5.74) is 7.96. The lowest BCUT2D eigenvalue weighted by Gasteiger charge is -2.10. The van der Waals surface area contributed by atoms with Crippen LogP contribution in [0, 0.1) is 0 Å². The molecule has 0 aromatic carbocycles. The third-order valence-corrected chi connectivity index (χ3v) is 1.98. The lowest BCUT2D eigenvalue weighted by atomic mass is 10.4. The van der Waals surface area contributed by atoms with Gasteiger partial charge in [-0.15, -0.1) is 0 Å². The topological polar surface area (TPSA) is 105 Å². The van der Waals surface area contributed by atoms with E-state index in [2.05, 4.69) is 25.6 Å². The van der Waals surface area contributed by atoms with Crippen LogP contribution in [0.5, 0.6) is 0 Å². The van der Waals surface area contributed by atoms with E-state index in [1.807, 2.05) is 14.1 Å². The predicted octanol–water partition coefficient (Wildman–Crippen LogP) is -0.292. The Balaban J connectivity index is 2.44. The first-order valence-corrected chi connectivity index (χ1v) is 5.11. The lowest BCUT2D eigenvalue weighted by Crippen LogP contribution is -2.17. The quantitative estimate of drug-likeness (QED) is 0.299. The second kappa shape index (κ2) is 6.09. The first kappa shape index (κ1) is 12.5. The molecule has 6 N–H and O–H groups in total. The number of rotatable bonds is 6. The maximum Gasteiger partial charge on any atom is 0.223 e. The lowest BCUT2D eigenvalue weighted by molar-refractivity contribution is 0.405. The molecule has 0 spiro atoms. The predicted molar refractivity (Wildman–Crippen MR) is 65.9 cm³/mol. The van der Waals surface area contributed by atoms with Crippen molar-refractivity contribution in [1.29, 1.82) is 0 Å². The van der Waals surface area contributed by atoms with E-state index >= 15 is 0 Å². The average Bonchev–Trinajstić information content (AvgIpc) is 2.23. The number of anilines is 3. The summed E-state index contributed by atoms with van der Waals surface area (Å²) in [5.74, 6) is 6.63. The van der Waals surface area contributed by atoms with E-state index in [9.17, 15) is 0 Å². The van der Waals surface area contributed by atoms with Crippen molar-refractivity contribution in [2.45, 2.75) is 6.42 Å². The highest BCUT2D eigenvalue weighted by Gasteiger charge is 2.00. The van der Waals surface area contributed by atoms with Crippen molar-refractivity contribution in [1.82, 2.24) is 14.9 Å². The maximum absolute atomic E-state index is 5.52. The van der Waals surface area contributed by atoms with Crippen LogP contribution in [0.4, 0.5) is 17.6 Å². The zero-order valence-corrected chi connectivity index (χ0v) is 9.70. The molecule has 1 aromatic rings. The largest absolute Gasteiger partial charge is 0.370 e. The molecule has 0 aliphatic carbocycles. The van der Waals surface area contributed by atoms with Crippen molar-refractivity contribution >= 4 is 17.6 Å². The highest BCUT2D eigenvalue weighted by molar-refractivity contribution is 5.50. The van der Waals surface area contributed by atoms with Crippen LogP contribution < -0.4 is 22.3 Å². The summed E-state index contributed by atoms with van der Waals surface area (Å²) < 4.78 is 0. The van der Waals surface area contributed by atoms with Gasteiger partial charge in [0.1, 0.15) is 11.6 Å². The van der Waals surface area contributed by atoms with Crippen molar-refractivity contribution in [3.05, 3.63) is 6.07 Å². The molecule has 1 heterocycles. The number of hydrogen-bond donors (Lipinski definition) is 4. The van der Waals surface area contributed by atoms with E-state index in [0.717, 1.165) is 19.5 Å². The Labute approximate surface area is 95.2 Å². The van der Waals surface area contributed by atoms with Crippen molar-refractivity contribution in [2.24, 2.45) is 5.84 Å².